The van der Waals surface area contributed by atoms with Gasteiger partial charge in [0.05, 0.1) is 23.9 Å². The Morgan fingerprint density at radius 1 is 1.15 bits per heavy atom. The fourth-order valence-electron chi connectivity index (χ4n) is 9.09. The number of fused-ring (bicyclic) bond motifs is 6. The summed E-state index contributed by atoms with van der Waals surface area (Å²) in [4.78, 5) is 17.7. The lowest BCUT2D eigenvalue weighted by Gasteiger charge is -2.57. The molecule has 6 rings (SSSR count). The van der Waals surface area contributed by atoms with E-state index < -0.39 is 5.60 Å². The van der Waals surface area contributed by atoms with Crippen LogP contribution in [0.1, 0.15) is 64.7 Å². The van der Waals surface area contributed by atoms with Gasteiger partial charge in [-0.2, -0.15) is 0 Å². The predicted molar refractivity (Wildman–Crippen MR) is 128 cm³/mol. The number of methoxy groups -OCH3 is 1. The van der Waals surface area contributed by atoms with Gasteiger partial charge in [0.1, 0.15) is 12.1 Å². The summed E-state index contributed by atoms with van der Waals surface area (Å²) in [6, 6.07) is 1.89. The molecule has 1 N–H and O–H groups in total. The van der Waals surface area contributed by atoms with Crippen LogP contribution in [0.25, 0.3) is 11.0 Å². The zero-order chi connectivity index (χ0) is 23.5. The second-order valence-corrected chi connectivity index (χ2v) is 12.1. The summed E-state index contributed by atoms with van der Waals surface area (Å²) in [6.07, 6.45) is 13.4. The van der Waals surface area contributed by atoms with E-state index in [1.165, 1.54) is 25.7 Å². The summed E-state index contributed by atoms with van der Waals surface area (Å²) in [6.45, 7) is 3.19. The Morgan fingerprint density at radius 3 is 2.85 bits per heavy atom. The molecular formula is C27H38N4O3. The molecule has 4 fully saturated rings. The van der Waals surface area contributed by atoms with Crippen LogP contribution in [0.2, 0.25) is 0 Å². The second-order valence-electron chi connectivity index (χ2n) is 12.1. The van der Waals surface area contributed by atoms with Gasteiger partial charge in [0.25, 0.3) is 0 Å². The third-order valence-electron chi connectivity index (χ3n) is 10.5. The summed E-state index contributed by atoms with van der Waals surface area (Å²) in [5.74, 6) is 3.98. The minimum absolute atomic E-state index is 0.106. The lowest BCUT2D eigenvalue weighted by atomic mass is 9.49. The third kappa shape index (κ3) is 3.53. The highest BCUT2D eigenvalue weighted by Crippen LogP contribution is 2.64. The molecular weight excluding hydrogens is 428 g/mol. The molecule has 0 bridgehead atoms. The van der Waals surface area contributed by atoms with Gasteiger partial charge in [-0.1, -0.05) is 12.1 Å². The average molecular weight is 467 g/mol. The molecule has 0 aromatic carbocycles. The van der Waals surface area contributed by atoms with E-state index in [0.717, 1.165) is 60.9 Å². The first-order valence-corrected chi connectivity index (χ1v) is 13.3. The van der Waals surface area contributed by atoms with E-state index in [2.05, 4.69) is 22.2 Å². The van der Waals surface area contributed by atoms with Crippen LogP contribution >= 0.6 is 0 Å². The Balaban J connectivity index is 1.17. The van der Waals surface area contributed by atoms with Gasteiger partial charge in [-0.3, -0.25) is 9.78 Å². The van der Waals surface area contributed by atoms with Crippen molar-refractivity contribution in [2.75, 3.05) is 13.7 Å². The van der Waals surface area contributed by atoms with Crippen LogP contribution in [0.5, 0.6) is 0 Å². The molecule has 4 saturated carbocycles. The molecule has 7 nitrogen and oxygen atoms in total. The number of Topliss-reactive ketones (excluding diaryl/α,β-unsaturated/α-hetero) is 1. The van der Waals surface area contributed by atoms with E-state index in [-0.39, 0.29) is 11.3 Å². The number of nitrogens with zero attached hydrogens (tertiary/aromatic N) is 4. The van der Waals surface area contributed by atoms with E-state index in [1.807, 2.05) is 6.07 Å². The Hall–Kier alpha value is -1.86. The van der Waals surface area contributed by atoms with Crippen LogP contribution in [-0.2, 0) is 16.1 Å². The molecule has 0 spiro atoms. The van der Waals surface area contributed by atoms with Crippen LogP contribution in [0.15, 0.2) is 18.5 Å². The summed E-state index contributed by atoms with van der Waals surface area (Å²) < 4.78 is 7.10. The van der Waals surface area contributed by atoms with E-state index in [1.54, 1.807) is 24.2 Å². The fourth-order valence-corrected chi connectivity index (χ4v) is 9.09. The van der Waals surface area contributed by atoms with Crippen molar-refractivity contribution in [3.05, 3.63) is 18.5 Å². The highest BCUT2D eigenvalue weighted by Gasteiger charge is 2.59. The maximum absolute atomic E-state index is 13.6. The second kappa shape index (κ2) is 8.37. The largest absolute Gasteiger partial charge is 0.387 e. The van der Waals surface area contributed by atoms with Crippen molar-refractivity contribution in [2.45, 2.75) is 76.9 Å². The molecule has 34 heavy (non-hydrogen) atoms. The molecule has 2 aromatic heterocycles. The van der Waals surface area contributed by atoms with E-state index in [4.69, 9.17) is 4.74 Å². The van der Waals surface area contributed by atoms with Crippen LogP contribution in [0.4, 0.5) is 0 Å². The van der Waals surface area contributed by atoms with Crippen molar-refractivity contribution in [3.8, 4) is 0 Å². The summed E-state index contributed by atoms with van der Waals surface area (Å²) >= 11 is 0. The Labute approximate surface area is 201 Å². The smallest absolute Gasteiger partial charge is 0.157 e. The van der Waals surface area contributed by atoms with Crippen LogP contribution in [0, 0.1) is 40.9 Å². The SMILES string of the molecule is COC[C@@]1(O)CCC2[C@H](CC[C@@H]3[C@@H]2CC[C@]2(C)[C@@H](C(=O)Cn4nnc5cnccc54)CC[C@@H]32)C1. The molecule has 2 aromatic rings. The van der Waals surface area contributed by atoms with Crippen molar-refractivity contribution in [3.63, 3.8) is 0 Å². The molecule has 2 heterocycles. The number of pyridine rings is 1. The predicted octanol–water partition coefficient (Wildman–Crippen LogP) is 4.04. The zero-order valence-electron chi connectivity index (χ0n) is 20.5. The number of aromatic nitrogens is 4. The Bertz CT molecular complexity index is 1070. The highest BCUT2D eigenvalue weighted by molar-refractivity contribution is 5.84. The van der Waals surface area contributed by atoms with Crippen LogP contribution in [-0.4, -0.2) is 50.2 Å². The number of ether oxygens (including phenoxy) is 1. The molecule has 0 aliphatic heterocycles. The van der Waals surface area contributed by atoms with E-state index in [0.29, 0.717) is 30.8 Å². The van der Waals surface area contributed by atoms with Crippen molar-refractivity contribution in [1.82, 2.24) is 20.0 Å². The van der Waals surface area contributed by atoms with Gasteiger partial charge in [0.2, 0.25) is 0 Å². The van der Waals surface area contributed by atoms with Gasteiger partial charge in [-0.15, -0.1) is 5.10 Å². The number of hydrogen-bond acceptors (Lipinski definition) is 6. The number of carbonyl (C=O) groups excluding carboxylic acids is 1. The molecule has 7 heteroatoms. The first-order valence-electron chi connectivity index (χ1n) is 13.3. The first-order chi connectivity index (χ1) is 16.4. The van der Waals surface area contributed by atoms with Gasteiger partial charge in [0, 0.05) is 19.2 Å². The maximum Gasteiger partial charge on any atom is 0.157 e. The third-order valence-corrected chi connectivity index (χ3v) is 10.5. The minimum Gasteiger partial charge on any atom is -0.387 e. The van der Waals surface area contributed by atoms with Gasteiger partial charge < -0.3 is 9.84 Å². The number of ketones is 1. The van der Waals surface area contributed by atoms with E-state index in [9.17, 15) is 9.90 Å². The molecule has 4 aliphatic carbocycles. The highest BCUT2D eigenvalue weighted by atomic mass is 16.5. The Morgan fingerprint density at radius 2 is 2.00 bits per heavy atom. The van der Waals surface area contributed by atoms with Crippen molar-refractivity contribution in [2.24, 2.45) is 40.9 Å². The van der Waals surface area contributed by atoms with Gasteiger partial charge in [-0.05, 0) is 98.9 Å². The molecule has 8 atom stereocenters. The van der Waals surface area contributed by atoms with Crippen LogP contribution < -0.4 is 0 Å². The molecule has 0 saturated heterocycles. The molecule has 1 unspecified atom stereocenters. The normalized spacial score (nSPS) is 41.6. The number of rotatable bonds is 5. The quantitative estimate of drug-likeness (QED) is 0.715. The zero-order valence-corrected chi connectivity index (χ0v) is 20.5. The van der Waals surface area contributed by atoms with Gasteiger partial charge in [0.15, 0.2) is 5.78 Å². The summed E-state index contributed by atoms with van der Waals surface area (Å²) in [5, 5.41) is 19.4. The number of carbonyl (C=O) groups is 1. The lowest BCUT2D eigenvalue weighted by Crippen LogP contribution is -2.52. The maximum atomic E-state index is 13.6. The molecule has 0 radical (unpaired) electrons. The summed E-state index contributed by atoms with van der Waals surface area (Å²) in [7, 11) is 1.70. The van der Waals surface area contributed by atoms with Crippen molar-refractivity contribution < 1.29 is 14.6 Å². The van der Waals surface area contributed by atoms with E-state index >= 15 is 0 Å². The first kappa shape index (κ1) is 22.6. The van der Waals surface area contributed by atoms with Gasteiger partial charge in [-0.25, -0.2) is 4.68 Å². The fraction of sp³-hybridized carbons (Fsp3) is 0.778. The topological polar surface area (TPSA) is 90.1 Å². The monoisotopic (exact) mass is 466 g/mol. The standard InChI is InChI=1S/C27H38N4O3/c1-26-10-7-19-18-8-11-27(33,16-34-2)13-17(18)3-4-20(19)21(26)5-6-22(26)25(32)15-31-24-9-12-28-14-23(24)29-30-31/h9,12,14,17-22,33H,3-8,10-11,13,15-16H2,1-2H3/t17-,18?,19-,20-,21+,22-,26+,27-/m1/s1. The molecule has 0 amide bonds. The molecule has 4 aliphatic rings. The molecule has 184 valence electrons. The lowest BCUT2D eigenvalue weighted by molar-refractivity contribution is -0.136. The Kier molecular flexibility index (Phi) is 5.56. The minimum atomic E-state index is -0.627. The van der Waals surface area contributed by atoms with Crippen molar-refractivity contribution in [1.29, 1.82) is 0 Å². The van der Waals surface area contributed by atoms with Crippen molar-refractivity contribution >= 4 is 16.8 Å². The summed E-state index contributed by atoms with van der Waals surface area (Å²) in [5.41, 5.74) is 1.11. The average Bonchev–Trinajstić information content (AvgIpc) is 3.39. The van der Waals surface area contributed by atoms with Gasteiger partial charge >= 0.3 is 0 Å². The van der Waals surface area contributed by atoms with Crippen LogP contribution in [0.3, 0.4) is 0 Å². The number of aliphatic hydroxyl groups is 1. The number of hydrogen-bond donors (Lipinski definition) is 1.